The van der Waals surface area contributed by atoms with Gasteiger partial charge in [0.2, 0.25) is 0 Å². The van der Waals surface area contributed by atoms with Crippen LogP contribution < -0.4 is 15.0 Å². The highest BCUT2D eigenvalue weighted by atomic mass is 32.2. The van der Waals surface area contributed by atoms with Gasteiger partial charge in [-0.15, -0.1) is 4.83 Å². The zero-order valence-electron chi connectivity index (χ0n) is 15.2. The van der Waals surface area contributed by atoms with Crippen molar-refractivity contribution in [2.75, 3.05) is 6.61 Å². The van der Waals surface area contributed by atoms with Gasteiger partial charge in [0.15, 0.2) is 6.61 Å². The van der Waals surface area contributed by atoms with Crippen molar-refractivity contribution in [2.45, 2.75) is 38.0 Å². The smallest absolute Gasteiger partial charge is 0.272 e. The standard InChI is InChI=1S/C19H24N2O4S/c1-4-15(3)16-8-10-18(11-9-16)26(23,24)21-20-19(22)13-25-17-7-5-6-14(2)12-17/h5-12,15,21H,4,13H2,1-3H3,(H,20,22)/t15-/m0/s1. The highest BCUT2D eigenvalue weighted by molar-refractivity contribution is 7.89. The molecule has 2 N–H and O–H groups in total. The molecule has 26 heavy (non-hydrogen) atoms. The van der Waals surface area contributed by atoms with Gasteiger partial charge < -0.3 is 4.74 Å². The van der Waals surface area contributed by atoms with Gasteiger partial charge in [-0.05, 0) is 54.7 Å². The normalized spacial score (nSPS) is 12.4. The number of ether oxygens (including phenoxy) is 1. The average Bonchev–Trinajstić information content (AvgIpc) is 2.64. The van der Waals surface area contributed by atoms with Gasteiger partial charge in [-0.3, -0.25) is 10.2 Å². The molecule has 0 aliphatic heterocycles. The van der Waals surface area contributed by atoms with Crippen LogP contribution in [0.4, 0.5) is 0 Å². The molecule has 0 aromatic heterocycles. The summed E-state index contributed by atoms with van der Waals surface area (Å²) in [4.78, 5) is 14.0. The first-order valence-electron chi connectivity index (χ1n) is 8.42. The summed E-state index contributed by atoms with van der Waals surface area (Å²) in [5, 5.41) is 0. The molecule has 0 radical (unpaired) electrons. The van der Waals surface area contributed by atoms with Crippen LogP contribution in [0.1, 0.15) is 37.3 Å². The largest absolute Gasteiger partial charge is 0.484 e. The monoisotopic (exact) mass is 376 g/mol. The molecule has 0 fully saturated rings. The third-order valence-corrected chi connectivity index (χ3v) is 5.32. The number of nitrogens with one attached hydrogen (secondary N) is 2. The minimum absolute atomic E-state index is 0.0875. The Balaban J connectivity index is 1.89. The summed E-state index contributed by atoms with van der Waals surface area (Å²) in [6, 6.07) is 13.9. The first-order chi connectivity index (χ1) is 12.3. The maximum atomic E-state index is 12.2. The Morgan fingerprint density at radius 1 is 1.15 bits per heavy atom. The lowest BCUT2D eigenvalue weighted by Crippen LogP contribution is -2.43. The van der Waals surface area contributed by atoms with Crippen LogP contribution >= 0.6 is 0 Å². The number of hydrogen-bond donors (Lipinski definition) is 2. The van der Waals surface area contributed by atoms with Crippen LogP contribution in [0.25, 0.3) is 0 Å². The number of benzene rings is 2. The Morgan fingerprint density at radius 3 is 2.46 bits per heavy atom. The van der Waals surface area contributed by atoms with E-state index in [-0.39, 0.29) is 11.5 Å². The number of carbonyl (C=O) groups is 1. The van der Waals surface area contributed by atoms with Gasteiger partial charge in [0, 0.05) is 0 Å². The summed E-state index contributed by atoms with van der Waals surface area (Å²) < 4.78 is 29.8. The van der Waals surface area contributed by atoms with Gasteiger partial charge in [-0.25, -0.2) is 8.42 Å². The fourth-order valence-corrected chi connectivity index (χ4v) is 3.14. The van der Waals surface area contributed by atoms with Gasteiger partial charge in [0.05, 0.1) is 4.90 Å². The summed E-state index contributed by atoms with van der Waals surface area (Å²) in [5.41, 5.74) is 4.23. The topological polar surface area (TPSA) is 84.5 Å². The molecule has 2 aromatic carbocycles. The first kappa shape index (κ1) is 19.9. The molecule has 0 heterocycles. The van der Waals surface area contributed by atoms with Crippen LogP contribution in [0.5, 0.6) is 5.75 Å². The lowest BCUT2D eigenvalue weighted by molar-refractivity contribution is -0.123. The zero-order chi connectivity index (χ0) is 19.2. The molecule has 1 atom stereocenters. The summed E-state index contributed by atoms with van der Waals surface area (Å²) in [5.74, 6) is 0.313. The van der Waals surface area contributed by atoms with E-state index in [2.05, 4.69) is 24.1 Å². The van der Waals surface area contributed by atoms with E-state index in [1.165, 1.54) is 12.1 Å². The van der Waals surface area contributed by atoms with Crippen molar-refractivity contribution in [3.63, 3.8) is 0 Å². The number of aryl methyl sites for hydroxylation is 1. The Hall–Kier alpha value is -2.38. The number of hydrazine groups is 1. The molecule has 0 saturated carbocycles. The summed E-state index contributed by atoms with van der Waals surface area (Å²) >= 11 is 0. The Labute approximate surface area is 154 Å². The number of carbonyl (C=O) groups excluding carboxylic acids is 1. The van der Waals surface area contributed by atoms with E-state index in [0.717, 1.165) is 17.5 Å². The molecule has 0 aliphatic carbocycles. The molecule has 140 valence electrons. The van der Waals surface area contributed by atoms with Crippen LogP contribution in [-0.4, -0.2) is 20.9 Å². The lowest BCUT2D eigenvalue weighted by Gasteiger charge is -2.12. The number of amides is 1. The van der Waals surface area contributed by atoms with E-state index >= 15 is 0 Å². The van der Waals surface area contributed by atoms with Crippen molar-refractivity contribution in [1.82, 2.24) is 10.3 Å². The van der Waals surface area contributed by atoms with Crippen molar-refractivity contribution in [2.24, 2.45) is 0 Å². The van der Waals surface area contributed by atoms with E-state index in [0.29, 0.717) is 11.7 Å². The van der Waals surface area contributed by atoms with Gasteiger partial charge in [-0.2, -0.15) is 0 Å². The first-order valence-corrected chi connectivity index (χ1v) is 9.90. The highest BCUT2D eigenvalue weighted by Crippen LogP contribution is 2.20. The van der Waals surface area contributed by atoms with Crippen LogP contribution in [0.3, 0.4) is 0 Å². The number of sulfonamides is 1. The second-order valence-corrected chi connectivity index (χ2v) is 7.82. The fourth-order valence-electron chi connectivity index (χ4n) is 2.28. The molecule has 7 heteroatoms. The van der Waals surface area contributed by atoms with E-state index in [1.54, 1.807) is 24.3 Å². The van der Waals surface area contributed by atoms with Crippen LogP contribution in [0.15, 0.2) is 53.4 Å². The molecule has 2 rings (SSSR count). The molecule has 0 bridgehead atoms. The van der Waals surface area contributed by atoms with Crippen molar-refractivity contribution < 1.29 is 17.9 Å². The maximum Gasteiger partial charge on any atom is 0.272 e. The molecule has 0 unspecified atom stereocenters. The molecule has 1 amide bonds. The molecule has 2 aromatic rings. The molecule has 0 spiro atoms. The summed E-state index contributed by atoms with van der Waals surface area (Å²) in [6.45, 7) is 5.77. The minimum atomic E-state index is -3.83. The van der Waals surface area contributed by atoms with Crippen molar-refractivity contribution >= 4 is 15.9 Å². The van der Waals surface area contributed by atoms with E-state index in [1.807, 2.05) is 19.1 Å². The quantitative estimate of drug-likeness (QED) is 0.694. The highest BCUT2D eigenvalue weighted by Gasteiger charge is 2.16. The summed E-state index contributed by atoms with van der Waals surface area (Å²) in [7, 11) is -3.83. The summed E-state index contributed by atoms with van der Waals surface area (Å²) in [6.07, 6.45) is 0.974. The second kappa shape index (κ2) is 8.82. The van der Waals surface area contributed by atoms with Gasteiger partial charge in [-0.1, -0.05) is 38.1 Å². The third-order valence-electron chi connectivity index (χ3n) is 4.06. The van der Waals surface area contributed by atoms with E-state index < -0.39 is 15.9 Å². The molecule has 0 saturated heterocycles. The second-order valence-electron chi connectivity index (χ2n) is 6.14. The van der Waals surface area contributed by atoms with Crippen LogP contribution in [0.2, 0.25) is 0 Å². The fraction of sp³-hybridized carbons (Fsp3) is 0.316. The minimum Gasteiger partial charge on any atom is -0.484 e. The molecule has 6 nitrogen and oxygen atoms in total. The number of rotatable bonds is 8. The third kappa shape index (κ3) is 5.57. The average molecular weight is 376 g/mol. The molecule has 0 aliphatic rings. The zero-order valence-corrected chi connectivity index (χ0v) is 16.0. The van der Waals surface area contributed by atoms with E-state index in [9.17, 15) is 13.2 Å². The van der Waals surface area contributed by atoms with Gasteiger partial charge >= 0.3 is 0 Å². The van der Waals surface area contributed by atoms with Crippen molar-refractivity contribution in [1.29, 1.82) is 0 Å². The Kier molecular flexibility index (Phi) is 6.76. The van der Waals surface area contributed by atoms with E-state index in [4.69, 9.17) is 4.74 Å². The molecular weight excluding hydrogens is 352 g/mol. The van der Waals surface area contributed by atoms with Crippen molar-refractivity contribution in [3.05, 3.63) is 59.7 Å². The van der Waals surface area contributed by atoms with Gasteiger partial charge in [0.25, 0.3) is 15.9 Å². The maximum absolute atomic E-state index is 12.2. The number of hydrogen-bond acceptors (Lipinski definition) is 4. The van der Waals surface area contributed by atoms with Gasteiger partial charge in [0.1, 0.15) is 5.75 Å². The SMILES string of the molecule is CC[C@H](C)c1ccc(S(=O)(=O)NNC(=O)COc2cccc(C)c2)cc1. The van der Waals surface area contributed by atoms with Crippen molar-refractivity contribution in [3.8, 4) is 5.75 Å². The predicted molar refractivity (Wildman–Crippen MR) is 100 cm³/mol. The lowest BCUT2D eigenvalue weighted by atomic mass is 9.99. The van der Waals surface area contributed by atoms with Crippen LogP contribution in [0, 0.1) is 6.92 Å². The van der Waals surface area contributed by atoms with Crippen LogP contribution in [-0.2, 0) is 14.8 Å². The predicted octanol–water partition coefficient (Wildman–Crippen LogP) is 2.90. The molecular formula is C19H24N2O4S. The Morgan fingerprint density at radius 2 is 1.85 bits per heavy atom. The Bertz CT molecular complexity index is 848.